The van der Waals surface area contributed by atoms with E-state index in [2.05, 4.69) is 5.32 Å². The topological polar surface area (TPSA) is 88.2 Å². The minimum Gasteiger partial charge on any atom is -0.445 e. The second-order valence-electron chi connectivity index (χ2n) is 11.3. The molecule has 2 aliphatic heterocycles. The molecule has 0 aliphatic carbocycles. The second kappa shape index (κ2) is 11.9. The fraction of sp³-hybridized carbons (Fsp3) is 0.500. The maximum atomic E-state index is 13.7. The molecule has 1 atom stereocenters. The molecule has 0 aromatic heterocycles. The maximum absolute atomic E-state index is 13.7. The highest BCUT2D eigenvalue weighted by Crippen LogP contribution is 2.36. The molecule has 0 saturated carbocycles. The first kappa shape index (κ1) is 27.5. The minimum absolute atomic E-state index is 0.0699. The Hall–Kier alpha value is -3.55. The lowest BCUT2D eigenvalue weighted by molar-refractivity contribution is -0.126. The number of carbonyl (C=O) groups is 3. The van der Waals surface area contributed by atoms with Crippen LogP contribution in [0, 0.1) is 5.92 Å². The van der Waals surface area contributed by atoms with E-state index < -0.39 is 17.1 Å². The van der Waals surface area contributed by atoms with Crippen molar-refractivity contribution in [3.8, 4) is 0 Å². The summed E-state index contributed by atoms with van der Waals surface area (Å²) in [4.78, 5) is 42.3. The van der Waals surface area contributed by atoms with Crippen LogP contribution >= 0.6 is 0 Å². The van der Waals surface area contributed by atoms with E-state index in [0.29, 0.717) is 32.6 Å². The Bertz CT molecular complexity index is 1090. The van der Waals surface area contributed by atoms with Crippen molar-refractivity contribution in [3.05, 3.63) is 71.8 Å². The van der Waals surface area contributed by atoms with Crippen molar-refractivity contribution in [1.29, 1.82) is 0 Å². The zero-order chi connectivity index (χ0) is 27.2. The van der Waals surface area contributed by atoms with Gasteiger partial charge < -0.3 is 24.6 Å². The summed E-state index contributed by atoms with van der Waals surface area (Å²) in [6.45, 7) is 8.26. The molecule has 3 amide bonds. The maximum Gasteiger partial charge on any atom is 0.410 e. The molecule has 2 aliphatic rings. The quantitative estimate of drug-likeness (QED) is 0.594. The van der Waals surface area contributed by atoms with E-state index in [4.69, 9.17) is 9.47 Å². The van der Waals surface area contributed by atoms with Gasteiger partial charge in [0.15, 0.2) is 0 Å². The third-order valence-electron chi connectivity index (χ3n) is 7.31. The molecule has 4 rings (SSSR count). The summed E-state index contributed by atoms with van der Waals surface area (Å²) in [7, 11) is 0. The molecule has 204 valence electrons. The van der Waals surface area contributed by atoms with Crippen LogP contribution in [0.1, 0.15) is 51.2 Å². The Morgan fingerprint density at radius 3 is 2.16 bits per heavy atom. The third-order valence-corrected chi connectivity index (χ3v) is 7.31. The number of piperidine rings is 1. The summed E-state index contributed by atoms with van der Waals surface area (Å²) in [6, 6.07) is 19.3. The monoisotopic (exact) mass is 521 g/mol. The van der Waals surface area contributed by atoms with Crippen LogP contribution in [0.2, 0.25) is 0 Å². The minimum atomic E-state index is -0.819. The summed E-state index contributed by atoms with van der Waals surface area (Å²) in [5.41, 5.74) is 0.447. The number of nitrogens with zero attached hydrogens (tertiary/aromatic N) is 2. The van der Waals surface area contributed by atoms with Crippen molar-refractivity contribution < 1.29 is 23.9 Å². The molecule has 38 heavy (non-hydrogen) atoms. The van der Waals surface area contributed by atoms with Crippen LogP contribution in [0.25, 0.3) is 0 Å². The van der Waals surface area contributed by atoms with Crippen molar-refractivity contribution in [2.75, 3.05) is 32.7 Å². The van der Waals surface area contributed by atoms with Gasteiger partial charge in [-0.2, -0.15) is 0 Å². The second-order valence-corrected chi connectivity index (χ2v) is 11.3. The molecule has 8 heteroatoms. The van der Waals surface area contributed by atoms with E-state index in [1.165, 1.54) is 0 Å². The van der Waals surface area contributed by atoms with Crippen LogP contribution in [0.3, 0.4) is 0 Å². The Morgan fingerprint density at radius 1 is 0.895 bits per heavy atom. The predicted molar refractivity (Wildman–Crippen MR) is 144 cm³/mol. The first-order chi connectivity index (χ1) is 18.2. The molecule has 2 saturated heterocycles. The summed E-state index contributed by atoms with van der Waals surface area (Å²) in [5, 5.41) is 3.18. The molecule has 8 nitrogen and oxygen atoms in total. The Balaban J connectivity index is 1.31. The van der Waals surface area contributed by atoms with Crippen molar-refractivity contribution in [2.24, 2.45) is 5.92 Å². The molecule has 2 aromatic rings. The fourth-order valence-corrected chi connectivity index (χ4v) is 5.14. The van der Waals surface area contributed by atoms with Crippen LogP contribution in [0.4, 0.5) is 9.59 Å². The lowest BCUT2D eigenvalue weighted by atomic mass is 9.78. The van der Waals surface area contributed by atoms with E-state index in [1.54, 1.807) is 9.80 Å². The molecular formula is C30H39N3O5. The van der Waals surface area contributed by atoms with Gasteiger partial charge in [-0.05, 0) is 57.1 Å². The first-order valence-electron chi connectivity index (χ1n) is 13.4. The van der Waals surface area contributed by atoms with Crippen LogP contribution in [0.5, 0.6) is 0 Å². The summed E-state index contributed by atoms with van der Waals surface area (Å²) in [6.07, 6.45) is 1.43. The largest absolute Gasteiger partial charge is 0.445 e. The number of carbonyl (C=O) groups excluding carboxylic acids is 3. The third kappa shape index (κ3) is 6.85. The highest BCUT2D eigenvalue weighted by atomic mass is 16.6. The predicted octanol–water partition coefficient (Wildman–Crippen LogP) is 4.73. The molecule has 0 radical (unpaired) electrons. The molecule has 1 N–H and O–H groups in total. The zero-order valence-electron chi connectivity index (χ0n) is 22.7. The van der Waals surface area contributed by atoms with Gasteiger partial charge in [0.25, 0.3) is 0 Å². The van der Waals surface area contributed by atoms with Gasteiger partial charge in [0.05, 0.1) is 5.41 Å². The normalized spacial score (nSPS) is 20.2. The molecule has 1 unspecified atom stereocenters. The molecule has 0 spiro atoms. The zero-order valence-corrected chi connectivity index (χ0v) is 22.7. The Labute approximate surface area is 225 Å². The standard InChI is InChI=1S/C30H39N3O5/c1-29(2,3)38-28(36)33-19-16-30(22-33,25-12-8-5-9-13-25)26(34)31-20-23-14-17-32(18-15-23)27(35)37-21-24-10-6-4-7-11-24/h4-13,23H,14-22H2,1-3H3,(H,31,34). The average Bonchev–Trinajstić information content (AvgIpc) is 3.38. The van der Waals surface area contributed by atoms with E-state index in [-0.39, 0.29) is 31.1 Å². The smallest absolute Gasteiger partial charge is 0.410 e. The van der Waals surface area contributed by atoms with Gasteiger partial charge in [0.2, 0.25) is 5.91 Å². The van der Waals surface area contributed by atoms with Crippen molar-refractivity contribution in [2.45, 2.75) is 57.7 Å². The van der Waals surface area contributed by atoms with Crippen LogP contribution in [0.15, 0.2) is 60.7 Å². The van der Waals surface area contributed by atoms with Crippen molar-refractivity contribution in [1.82, 2.24) is 15.1 Å². The molecular weight excluding hydrogens is 482 g/mol. The van der Waals surface area contributed by atoms with Gasteiger partial charge in [-0.3, -0.25) is 4.79 Å². The summed E-state index contributed by atoms with van der Waals surface area (Å²) < 4.78 is 11.0. The highest BCUT2D eigenvalue weighted by molar-refractivity contribution is 5.90. The van der Waals surface area contributed by atoms with Crippen molar-refractivity contribution >= 4 is 18.1 Å². The number of nitrogens with one attached hydrogen (secondary N) is 1. The Kier molecular flexibility index (Phi) is 8.59. The number of amides is 3. The molecule has 0 bridgehead atoms. The van der Waals surface area contributed by atoms with E-state index in [9.17, 15) is 14.4 Å². The van der Waals surface area contributed by atoms with Crippen molar-refractivity contribution in [3.63, 3.8) is 0 Å². The van der Waals surface area contributed by atoms with Gasteiger partial charge in [-0.1, -0.05) is 60.7 Å². The van der Waals surface area contributed by atoms with Gasteiger partial charge >= 0.3 is 12.2 Å². The van der Waals surface area contributed by atoms with E-state index >= 15 is 0 Å². The van der Waals surface area contributed by atoms with Gasteiger partial charge in [-0.15, -0.1) is 0 Å². The molecule has 2 fully saturated rings. The summed E-state index contributed by atoms with van der Waals surface area (Å²) >= 11 is 0. The number of hydrogen-bond donors (Lipinski definition) is 1. The fourth-order valence-electron chi connectivity index (χ4n) is 5.14. The van der Waals surface area contributed by atoms with Gasteiger partial charge in [0, 0.05) is 32.7 Å². The first-order valence-corrected chi connectivity index (χ1v) is 13.4. The van der Waals surface area contributed by atoms with Crippen LogP contribution in [-0.4, -0.2) is 66.2 Å². The SMILES string of the molecule is CC(C)(C)OC(=O)N1CCC(C(=O)NCC2CCN(C(=O)OCc3ccccc3)CC2)(c2ccccc2)C1. The number of likely N-dealkylation sites (tertiary alicyclic amines) is 2. The molecule has 2 heterocycles. The lowest BCUT2D eigenvalue weighted by Crippen LogP contribution is -2.49. The van der Waals surface area contributed by atoms with Crippen LogP contribution < -0.4 is 5.32 Å². The number of ether oxygens (including phenoxy) is 2. The highest BCUT2D eigenvalue weighted by Gasteiger charge is 2.48. The van der Waals surface area contributed by atoms with Gasteiger partial charge in [-0.25, -0.2) is 9.59 Å². The van der Waals surface area contributed by atoms with E-state index in [1.807, 2.05) is 81.4 Å². The number of benzene rings is 2. The van der Waals surface area contributed by atoms with E-state index in [0.717, 1.165) is 24.0 Å². The van der Waals surface area contributed by atoms with Crippen LogP contribution in [-0.2, 0) is 26.3 Å². The number of rotatable bonds is 6. The van der Waals surface area contributed by atoms with Gasteiger partial charge in [0.1, 0.15) is 12.2 Å². The molecule has 2 aromatic carbocycles. The Morgan fingerprint density at radius 2 is 1.53 bits per heavy atom. The summed E-state index contributed by atoms with van der Waals surface area (Å²) in [5.74, 6) is 0.202. The lowest BCUT2D eigenvalue weighted by Gasteiger charge is -2.33. The average molecular weight is 522 g/mol. The number of hydrogen-bond acceptors (Lipinski definition) is 5.